The number of furan rings is 1. The van der Waals surface area contributed by atoms with E-state index in [0.29, 0.717) is 27.1 Å². The van der Waals surface area contributed by atoms with Crippen LogP contribution in [-0.4, -0.2) is 24.7 Å². The maximum absolute atomic E-state index is 12.0. The third-order valence-electron chi connectivity index (χ3n) is 4.03. The highest BCUT2D eigenvalue weighted by Crippen LogP contribution is 2.27. The van der Waals surface area contributed by atoms with Gasteiger partial charge in [-0.2, -0.15) is 5.10 Å². The molecule has 6 nitrogen and oxygen atoms in total. The number of nitrogens with zero attached hydrogens (tertiary/aromatic N) is 1. The summed E-state index contributed by atoms with van der Waals surface area (Å²) in [6.07, 6.45) is 1.57. The van der Waals surface area contributed by atoms with E-state index in [2.05, 4.69) is 10.5 Å². The molecule has 1 heterocycles. The molecule has 3 aromatic rings. The summed E-state index contributed by atoms with van der Waals surface area (Å²) in [5.41, 5.74) is 4.20. The number of rotatable bonds is 7. The molecule has 30 heavy (non-hydrogen) atoms. The Morgan fingerprint density at radius 3 is 2.60 bits per heavy atom. The van der Waals surface area contributed by atoms with Crippen LogP contribution in [0.3, 0.4) is 0 Å². The molecule has 0 aliphatic rings. The lowest BCUT2D eigenvalue weighted by Crippen LogP contribution is -2.19. The lowest BCUT2D eigenvalue weighted by Gasteiger charge is -2.05. The van der Waals surface area contributed by atoms with E-state index >= 15 is 0 Å². The van der Waals surface area contributed by atoms with Crippen LogP contribution in [0, 0.1) is 0 Å². The predicted octanol–water partition coefficient (Wildman–Crippen LogP) is 5.12. The third kappa shape index (κ3) is 5.72. The molecule has 0 saturated carbocycles. The van der Waals surface area contributed by atoms with Crippen LogP contribution >= 0.6 is 23.2 Å². The van der Waals surface area contributed by atoms with E-state index in [1.165, 1.54) is 6.21 Å². The summed E-state index contributed by atoms with van der Waals surface area (Å²) < 4.78 is 10.7. The van der Waals surface area contributed by atoms with Gasteiger partial charge >= 0.3 is 5.97 Å². The Labute approximate surface area is 183 Å². The quantitative estimate of drug-likeness (QED) is 0.311. The van der Waals surface area contributed by atoms with Crippen LogP contribution < -0.4 is 5.43 Å². The van der Waals surface area contributed by atoms with E-state index in [9.17, 15) is 9.59 Å². The van der Waals surface area contributed by atoms with Crippen molar-refractivity contribution in [2.75, 3.05) is 6.61 Å². The Hall–Kier alpha value is -3.09. The predicted molar refractivity (Wildman–Crippen MR) is 116 cm³/mol. The number of ether oxygens (including phenoxy) is 1. The molecule has 0 spiro atoms. The van der Waals surface area contributed by atoms with Crippen LogP contribution in [0.1, 0.15) is 28.6 Å². The van der Waals surface area contributed by atoms with Crippen molar-refractivity contribution in [3.63, 3.8) is 0 Å². The van der Waals surface area contributed by atoms with Crippen molar-refractivity contribution in [1.82, 2.24) is 5.43 Å². The second kappa shape index (κ2) is 10.1. The Balaban J connectivity index is 1.63. The van der Waals surface area contributed by atoms with Gasteiger partial charge in [0.1, 0.15) is 11.5 Å². The topological polar surface area (TPSA) is 80.9 Å². The second-order valence-electron chi connectivity index (χ2n) is 6.21. The summed E-state index contributed by atoms with van der Waals surface area (Å²) >= 11 is 11.9. The van der Waals surface area contributed by atoms with Crippen LogP contribution in [-0.2, 0) is 16.0 Å². The number of hydrogen-bond donors (Lipinski definition) is 1. The van der Waals surface area contributed by atoms with Crippen molar-refractivity contribution in [2.45, 2.75) is 13.3 Å². The molecule has 3 rings (SSSR count). The molecule has 0 aliphatic carbocycles. The molecular formula is C22H18Cl2N2O4. The minimum Gasteiger partial charge on any atom is -0.462 e. The number of carbonyl (C=O) groups excluding carboxylic acids is 2. The van der Waals surface area contributed by atoms with Crippen LogP contribution in [0.15, 0.2) is 64.1 Å². The lowest BCUT2D eigenvalue weighted by molar-refractivity contribution is -0.120. The Morgan fingerprint density at radius 1 is 1.10 bits per heavy atom. The van der Waals surface area contributed by atoms with E-state index in [1.54, 1.807) is 61.5 Å². The van der Waals surface area contributed by atoms with E-state index in [1.807, 2.05) is 0 Å². The summed E-state index contributed by atoms with van der Waals surface area (Å²) in [5.74, 6) is 0.189. The minimum atomic E-state index is -0.499. The molecule has 0 unspecified atom stereocenters. The highest BCUT2D eigenvalue weighted by atomic mass is 35.5. The number of hydrogen-bond acceptors (Lipinski definition) is 5. The molecule has 0 saturated heterocycles. The van der Waals surface area contributed by atoms with E-state index in [4.69, 9.17) is 32.4 Å². The zero-order valence-corrected chi connectivity index (χ0v) is 17.5. The SMILES string of the molecule is CCOC(=O)c1cc(-c2ccc(/C=N\NC(=O)Cc3ccc(Cl)cc3)o2)ccc1Cl. The van der Waals surface area contributed by atoms with Crippen molar-refractivity contribution in [3.8, 4) is 11.3 Å². The summed E-state index contributed by atoms with van der Waals surface area (Å²) in [6, 6.07) is 15.4. The maximum Gasteiger partial charge on any atom is 0.339 e. The number of benzene rings is 2. The number of esters is 1. The summed E-state index contributed by atoms with van der Waals surface area (Å²) in [6.45, 7) is 1.98. The highest BCUT2D eigenvalue weighted by molar-refractivity contribution is 6.33. The smallest absolute Gasteiger partial charge is 0.339 e. The average Bonchev–Trinajstić information content (AvgIpc) is 3.19. The Bertz CT molecular complexity index is 1070. The largest absolute Gasteiger partial charge is 0.462 e. The molecule has 8 heteroatoms. The first-order chi connectivity index (χ1) is 14.5. The molecule has 0 radical (unpaired) electrons. The fourth-order valence-corrected chi connectivity index (χ4v) is 2.94. The third-order valence-corrected chi connectivity index (χ3v) is 4.61. The Morgan fingerprint density at radius 2 is 1.87 bits per heavy atom. The van der Waals surface area contributed by atoms with Gasteiger partial charge in [0.25, 0.3) is 0 Å². The first-order valence-corrected chi connectivity index (χ1v) is 9.85. The fraction of sp³-hybridized carbons (Fsp3) is 0.136. The van der Waals surface area contributed by atoms with Gasteiger partial charge in [-0.15, -0.1) is 0 Å². The van der Waals surface area contributed by atoms with Gasteiger partial charge in [-0.05, 0) is 55.0 Å². The number of carbonyl (C=O) groups is 2. The number of nitrogens with one attached hydrogen (secondary N) is 1. The van der Waals surface area contributed by atoms with Gasteiger partial charge in [0.2, 0.25) is 5.91 Å². The van der Waals surface area contributed by atoms with Crippen molar-refractivity contribution in [3.05, 3.63) is 81.5 Å². The van der Waals surface area contributed by atoms with Crippen LogP contribution in [0.2, 0.25) is 10.0 Å². The maximum atomic E-state index is 12.0. The van der Waals surface area contributed by atoms with E-state index < -0.39 is 5.97 Å². The summed E-state index contributed by atoms with van der Waals surface area (Å²) in [4.78, 5) is 24.0. The van der Waals surface area contributed by atoms with Gasteiger partial charge in [0, 0.05) is 10.6 Å². The molecule has 1 aromatic heterocycles. The van der Waals surface area contributed by atoms with Crippen molar-refractivity contribution in [1.29, 1.82) is 0 Å². The zero-order chi connectivity index (χ0) is 21.5. The first kappa shape index (κ1) is 21.6. The van der Waals surface area contributed by atoms with E-state index in [0.717, 1.165) is 5.56 Å². The van der Waals surface area contributed by atoms with E-state index in [-0.39, 0.29) is 24.5 Å². The van der Waals surface area contributed by atoms with Crippen LogP contribution in [0.5, 0.6) is 0 Å². The van der Waals surface area contributed by atoms with Crippen LogP contribution in [0.4, 0.5) is 0 Å². The summed E-state index contributed by atoms with van der Waals surface area (Å²) in [7, 11) is 0. The molecule has 1 amide bonds. The number of halogens is 2. The summed E-state index contributed by atoms with van der Waals surface area (Å²) in [5, 5.41) is 4.82. The minimum absolute atomic E-state index is 0.180. The van der Waals surface area contributed by atoms with Crippen LogP contribution in [0.25, 0.3) is 11.3 Å². The van der Waals surface area contributed by atoms with Gasteiger partial charge in [0.15, 0.2) is 0 Å². The molecule has 0 fully saturated rings. The Kier molecular flexibility index (Phi) is 7.27. The van der Waals surface area contributed by atoms with Gasteiger partial charge < -0.3 is 9.15 Å². The van der Waals surface area contributed by atoms with Gasteiger partial charge in [0.05, 0.1) is 29.8 Å². The average molecular weight is 445 g/mol. The van der Waals surface area contributed by atoms with Crippen molar-refractivity contribution in [2.24, 2.45) is 5.10 Å². The molecule has 1 N–H and O–H groups in total. The molecule has 0 aliphatic heterocycles. The molecule has 0 bridgehead atoms. The molecule has 154 valence electrons. The fourth-order valence-electron chi connectivity index (χ4n) is 2.62. The number of hydrazone groups is 1. The van der Waals surface area contributed by atoms with Gasteiger partial charge in [-0.25, -0.2) is 10.2 Å². The lowest BCUT2D eigenvalue weighted by atomic mass is 10.1. The van der Waals surface area contributed by atoms with Crippen molar-refractivity contribution < 1.29 is 18.7 Å². The van der Waals surface area contributed by atoms with Gasteiger partial charge in [-0.3, -0.25) is 4.79 Å². The van der Waals surface area contributed by atoms with Gasteiger partial charge in [-0.1, -0.05) is 35.3 Å². The highest BCUT2D eigenvalue weighted by Gasteiger charge is 2.14. The normalized spacial score (nSPS) is 10.9. The number of amides is 1. The second-order valence-corrected chi connectivity index (χ2v) is 7.06. The molecule has 2 aromatic carbocycles. The molecular weight excluding hydrogens is 427 g/mol. The molecule has 0 atom stereocenters. The van der Waals surface area contributed by atoms with Crippen molar-refractivity contribution >= 4 is 41.3 Å². The zero-order valence-electron chi connectivity index (χ0n) is 16.0. The first-order valence-electron chi connectivity index (χ1n) is 9.09. The standard InChI is InChI=1S/C22H18Cl2N2O4/c1-2-29-22(28)18-12-15(5-9-19(18)24)20-10-8-17(30-20)13-25-26-21(27)11-14-3-6-16(23)7-4-14/h3-10,12-13H,2,11H2,1H3,(H,26,27)/b25-13-. The monoisotopic (exact) mass is 444 g/mol.